The summed E-state index contributed by atoms with van der Waals surface area (Å²) in [5, 5.41) is 16.3. The van der Waals surface area contributed by atoms with Gasteiger partial charge in [-0.15, -0.1) is 0 Å². The van der Waals surface area contributed by atoms with Gasteiger partial charge in [-0.3, -0.25) is 30.6 Å². The van der Waals surface area contributed by atoms with Crippen LogP contribution < -0.4 is 26.0 Å². The molecule has 8 atom stereocenters. The Bertz CT molecular complexity index is 1020. The van der Waals surface area contributed by atoms with Gasteiger partial charge >= 0.3 is 0 Å². The Morgan fingerprint density at radius 3 is 2.60 bits per heavy atom. The van der Waals surface area contributed by atoms with Crippen LogP contribution >= 0.6 is 11.9 Å². The van der Waals surface area contributed by atoms with Crippen LogP contribution in [0.15, 0.2) is 18.3 Å². The molecule has 1 aromatic heterocycles. The van der Waals surface area contributed by atoms with Gasteiger partial charge in [0.1, 0.15) is 0 Å². The minimum absolute atomic E-state index is 0.207. The third-order valence-electron chi connectivity index (χ3n) is 11.2. The highest BCUT2D eigenvalue weighted by Gasteiger charge is 2.47. The van der Waals surface area contributed by atoms with E-state index in [2.05, 4.69) is 83.8 Å². The standard InChI is InChI=1S/C34H59N7S/c1-33(2,3)29-12-10-26-21-37-42-31-8-6-7-30(40-31)38-27(11-9-23-20-34(4,5)41(22-23)32(26)39-29)28-19-25(15-18-36-28)24-13-16-35-17-14-24/h15,18-19,23-24,26-27,29-32,35,37-40H,6-14,16-17,20-22H2,1-5H3/t23-,26?,27?,29?,30?,31?,32?/m0/s1. The number of aromatic nitrogens is 1. The van der Waals surface area contributed by atoms with E-state index in [-0.39, 0.29) is 17.0 Å². The normalized spacial score (nSPS) is 38.7. The van der Waals surface area contributed by atoms with Crippen molar-refractivity contribution in [1.29, 1.82) is 0 Å². The third kappa shape index (κ3) is 7.38. The van der Waals surface area contributed by atoms with Gasteiger partial charge < -0.3 is 5.32 Å². The molecular weight excluding hydrogens is 538 g/mol. The quantitative estimate of drug-likeness (QED) is 0.287. The smallest absolute Gasteiger partial charge is 0.0690 e. The lowest BCUT2D eigenvalue weighted by Crippen LogP contribution is -2.63. The Kier molecular flexibility index (Phi) is 9.91. The first-order valence-corrected chi connectivity index (χ1v) is 18.1. The zero-order valence-corrected chi connectivity index (χ0v) is 27.9. The van der Waals surface area contributed by atoms with Gasteiger partial charge in [0.05, 0.1) is 29.4 Å². The maximum absolute atomic E-state index is 5.01. The van der Waals surface area contributed by atoms with E-state index in [9.17, 15) is 0 Å². The summed E-state index contributed by atoms with van der Waals surface area (Å²) in [6, 6.07) is 5.58. The molecule has 0 saturated carbocycles. The SMILES string of the molecule is CC(C)(C)C1CCC2CNSC3CCCC(N3)NC(c3cc(C4CCNCC4)ccn3)CC[C@@H]3CN(C2N1)C(C)(C)C3. The predicted molar refractivity (Wildman–Crippen MR) is 176 cm³/mol. The van der Waals surface area contributed by atoms with Crippen LogP contribution in [0.2, 0.25) is 0 Å². The summed E-state index contributed by atoms with van der Waals surface area (Å²) in [6.07, 6.45) is 15.3. The molecule has 7 nitrogen and oxygen atoms in total. The molecule has 5 N–H and O–H groups in total. The molecule has 5 saturated heterocycles. The number of fused-ring (bicyclic) bond motifs is 6. The van der Waals surface area contributed by atoms with Gasteiger partial charge in [0.15, 0.2) is 0 Å². The molecule has 4 bridgehead atoms. The second kappa shape index (κ2) is 13.3. The first-order valence-electron chi connectivity index (χ1n) is 17.3. The van der Waals surface area contributed by atoms with E-state index in [1.54, 1.807) is 0 Å². The zero-order chi connectivity index (χ0) is 29.3. The van der Waals surface area contributed by atoms with Crippen molar-refractivity contribution < 1.29 is 0 Å². The summed E-state index contributed by atoms with van der Waals surface area (Å²) < 4.78 is 3.88. The molecule has 5 aliphatic heterocycles. The Balaban J connectivity index is 1.24. The lowest BCUT2D eigenvalue weighted by atomic mass is 9.78. The lowest BCUT2D eigenvalue weighted by Gasteiger charge is -2.50. The van der Waals surface area contributed by atoms with E-state index < -0.39 is 0 Å². The van der Waals surface area contributed by atoms with Gasteiger partial charge in [-0.25, -0.2) is 0 Å². The average molecular weight is 598 g/mol. The summed E-state index contributed by atoms with van der Waals surface area (Å²) in [6.45, 7) is 16.8. The fourth-order valence-electron chi connectivity index (χ4n) is 8.71. The number of rotatable bonds is 2. The highest BCUT2D eigenvalue weighted by atomic mass is 32.2. The van der Waals surface area contributed by atoms with Gasteiger partial charge in [-0.2, -0.15) is 0 Å². The van der Waals surface area contributed by atoms with E-state index >= 15 is 0 Å². The minimum Gasteiger partial charge on any atom is -0.317 e. The van der Waals surface area contributed by atoms with Gasteiger partial charge in [0.25, 0.3) is 0 Å². The molecular formula is C34H59N7S. The summed E-state index contributed by atoms with van der Waals surface area (Å²) in [5.41, 5.74) is 3.23. The first kappa shape index (κ1) is 31.3. The second-order valence-corrected chi connectivity index (χ2v) is 16.9. The Morgan fingerprint density at radius 2 is 1.79 bits per heavy atom. The molecule has 6 rings (SSSR count). The summed E-state index contributed by atoms with van der Waals surface area (Å²) in [5.74, 6) is 2.01. The van der Waals surface area contributed by atoms with Crippen molar-refractivity contribution in [3.05, 3.63) is 29.6 Å². The van der Waals surface area contributed by atoms with Gasteiger partial charge in [0, 0.05) is 36.8 Å². The van der Waals surface area contributed by atoms with Crippen LogP contribution in [-0.4, -0.2) is 65.3 Å². The van der Waals surface area contributed by atoms with Crippen LogP contribution in [-0.2, 0) is 0 Å². The zero-order valence-electron chi connectivity index (χ0n) is 27.1. The monoisotopic (exact) mass is 597 g/mol. The van der Waals surface area contributed by atoms with Crippen LogP contribution in [0.3, 0.4) is 0 Å². The van der Waals surface area contributed by atoms with Crippen molar-refractivity contribution >= 4 is 11.9 Å². The highest BCUT2D eigenvalue weighted by Crippen LogP contribution is 2.42. The molecule has 236 valence electrons. The fraction of sp³-hybridized carbons (Fsp3) is 0.853. The number of pyridine rings is 1. The number of hydrogen-bond donors (Lipinski definition) is 5. The van der Waals surface area contributed by atoms with E-state index in [4.69, 9.17) is 4.98 Å². The van der Waals surface area contributed by atoms with Crippen LogP contribution in [0.5, 0.6) is 0 Å². The maximum atomic E-state index is 5.01. The van der Waals surface area contributed by atoms with Crippen molar-refractivity contribution in [2.75, 3.05) is 26.2 Å². The molecule has 0 aromatic carbocycles. The lowest BCUT2D eigenvalue weighted by molar-refractivity contribution is 0.00552. The average Bonchev–Trinajstić information content (AvgIpc) is 3.28. The highest BCUT2D eigenvalue weighted by molar-refractivity contribution is 7.98. The van der Waals surface area contributed by atoms with Gasteiger partial charge in [-0.05, 0) is 126 Å². The fourth-order valence-corrected chi connectivity index (χ4v) is 9.74. The van der Waals surface area contributed by atoms with Gasteiger partial charge in [0.2, 0.25) is 0 Å². The molecule has 1 aromatic rings. The molecule has 5 fully saturated rings. The molecule has 6 heterocycles. The molecule has 0 spiro atoms. The minimum atomic E-state index is 0.207. The molecule has 8 heteroatoms. The van der Waals surface area contributed by atoms with Crippen molar-refractivity contribution in [1.82, 2.24) is 35.9 Å². The van der Waals surface area contributed by atoms with Crippen molar-refractivity contribution in [3.8, 4) is 0 Å². The topological polar surface area (TPSA) is 76.3 Å². The summed E-state index contributed by atoms with van der Waals surface area (Å²) >= 11 is 1.94. The Labute approximate surface area is 260 Å². The van der Waals surface area contributed by atoms with Crippen LogP contribution in [0.4, 0.5) is 0 Å². The van der Waals surface area contributed by atoms with Crippen LogP contribution in [0.25, 0.3) is 0 Å². The van der Waals surface area contributed by atoms with Crippen LogP contribution in [0, 0.1) is 17.3 Å². The molecule has 42 heavy (non-hydrogen) atoms. The Morgan fingerprint density at radius 1 is 0.952 bits per heavy atom. The predicted octanol–water partition coefficient (Wildman–Crippen LogP) is 5.48. The molecule has 0 aliphatic carbocycles. The van der Waals surface area contributed by atoms with E-state index in [0.717, 1.165) is 26.1 Å². The van der Waals surface area contributed by atoms with E-state index in [1.807, 2.05) is 11.9 Å². The summed E-state index contributed by atoms with van der Waals surface area (Å²) in [4.78, 5) is 7.89. The maximum Gasteiger partial charge on any atom is 0.0690 e. The molecule has 5 aliphatic rings. The third-order valence-corrected chi connectivity index (χ3v) is 12.2. The number of hydrogen-bond acceptors (Lipinski definition) is 8. The Hall–Kier alpha value is -0.740. The van der Waals surface area contributed by atoms with Crippen molar-refractivity contribution in [2.24, 2.45) is 17.3 Å². The molecule has 7 unspecified atom stereocenters. The van der Waals surface area contributed by atoms with Crippen LogP contribution in [0.1, 0.15) is 122 Å². The molecule has 0 amide bonds. The van der Waals surface area contributed by atoms with Crippen molar-refractivity contribution in [3.63, 3.8) is 0 Å². The number of nitrogens with one attached hydrogen (secondary N) is 5. The molecule has 0 radical (unpaired) electrons. The van der Waals surface area contributed by atoms with Crippen molar-refractivity contribution in [2.45, 2.75) is 140 Å². The van der Waals surface area contributed by atoms with E-state index in [0.29, 0.717) is 41.5 Å². The van der Waals surface area contributed by atoms with E-state index in [1.165, 1.54) is 75.6 Å². The first-order chi connectivity index (χ1) is 20.2. The number of nitrogens with zero attached hydrogens (tertiary/aromatic N) is 2. The number of piperidine rings is 3. The van der Waals surface area contributed by atoms with Gasteiger partial charge in [-0.1, -0.05) is 32.7 Å². The summed E-state index contributed by atoms with van der Waals surface area (Å²) in [7, 11) is 0. The second-order valence-electron chi connectivity index (χ2n) is 15.8. The largest absolute Gasteiger partial charge is 0.317 e.